The Morgan fingerprint density at radius 3 is 2.19 bits per heavy atom. The minimum absolute atomic E-state index is 0.109. The molecule has 0 radical (unpaired) electrons. The zero-order valence-electron chi connectivity index (χ0n) is 15.1. The summed E-state index contributed by atoms with van der Waals surface area (Å²) in [5.74, 6) is -0.109. The van der Waals surface area contributed by atoms with E-state index in [0.717, 1.165) is 22.3 Å². The highest BCUT2D eigenvalue weighted by molar-refractivity contribution is 5.92. The maximum atomic E-state index is 12.6. The second-order valence-electron chi connectivity index (χ2n) is 6.45. The lowest BCUT2D eigenvalue weighted by Crippen LogP contribution is -2.28. The quantitative estimate of drug-likeness (QED) is 0.633. The van der Waals surface area contributed by atoms with Crippen molar-refractivity contribution in [3.63, 3.8) is 0 Å². The third-order valence-electron chi connectivity index (χ3n) is 4.42. The van der Waals surface area contributed by atoms with Crippen LogP contribution in [-0.2, 0) is 4.79 Å². The molecule has 0 fully saturated rings. The summed E-state index contributed by atoms with van der Waals surface area (Å²) >= 11 is 0. The third kappa shape index (κ3) is 4.48. The smallest absolute Gasteiger partial charge is 0.244 e. The Morgan fingerprint density at radius 1 is 0.846 bits per heavy atom. The monoisotopic (exact) mass is 341 g/mol. The van der Waals surface area contributed by atoms with Crippen LogP contribution in [-0.4, -0.2) is 5.91 Å². The Labute approximate surface area is 155 Å². The molecule has 0 aliphatic carbocycles. The van der Waals surface area contributed by atoms with Gasteiger partial charge in [0.25, 0.3) is 0 Å². The van der Waals surface area contributed by atoms with Gasteiger partial charge in [-0.15, -0.1) is 0 Å². The standard InChI is InChI=1S/C24H23NO/c1-18-12-14-20(15-13-18)16-17-23(26)25-24(21-9-4-3-5-10-21)22-11-7-6-8-19(22)2/h3-17,24H,1-2H3,(H,25,26)/b17-16+/t24-/m1/s1. The molecule has 3 aromatic carbocycles. The molecule has 0 unspecified atom stereocenters. The van der Waals surface area contributed by atoms with Gasteiger partial charge in [-0.1, -0.05) is 84.4 Å². The molecule has 0 heterocycles. The van der Waals surface area contributed by atoms with Crippen molar-refractivity contribution in [2.75, 3.05) is 0 Å². The molecule has 2 nitrogen and oxygen atoms in total. The van der Waals surface area contributed by atoms with Crippen LogP contribution < -0.4 is 5.32 Å². The molecule has 1 atom stereocenters. The fraction of sp³-hybridized carbons (Fsp3) is 0.125. The van der Waals surface area contributed by atoms with Gasteiger partial charge < -0.3 is 5.32 Å². The van der Waals surface area contributed by atoms with E-state index in [0.29, 0.717) is 0 Å². The van der Waals surface area contributed by atoms with Crippen LogP contribution in [0.1, 0.15) is 33.9 Å². The Balaban J connectivity index is 1.83. The molecule has 0 spiro atoms. The van der Waals surface area contributed by atoms with Gasteiger partial charge in [0, 0.05) is 6.08 Å². The number of hydrogen-bond donors (Lipinski definition) is 1. The van der Waals surface area contributed by atoms with Crippen LogP contribution in [0.25, 0.3) is 6.08 Å². The number of carbonyl (C=O) groups excluding carboxylic acids is 1. The molecule has 3 rings (SSSR count). The average molecular weight is 341 g/mol. The van der Waals surface area contributed by atoms with Crippen LogP contribution >= 0.6 is 0 Å². The van der Waals surface area contributed by atoms with Crippen molar-refractivity contribution in [3.8, 4) is 0 Å². The predicted octanol–water partition coefficient (Wildman–Crippen LogP) is 5.22. The zero-order valence-corrected chi connectivity index (χ0v) is 15.1. The van der Waals surface area contributed by atoms with Crippen molar-refractivity contribution in [2.24, 2.45) is 0 Å². The highest BCUT2D eigenvalue weighted by Crippen LogP contribution is 2.24. The fourth-order valence-electron chi connectivity index (χ4n) is 2.94. The molecular formula is C24H23NO. The van der Waals surface area contributed by atoms with E-state index in [2.05, 4.69) is 24.4 Å². The first-order valence-electron chi connectivity index (χ1n) is 8.79. The van der Waals surface area contributed by atoms with Gasteiger partial charge in [-0.2, -0.15) is 0 Å². The molecule has 1 amide bonds. The van der Waals surface area contributed by atoms with E-state index in [1.165, 1.54) is 5.56 Å². The lowest BCUT2D eigenvalue weighted by Gasteiger charge is -2.21. The predicted molar refractivity (Wildman–Crippen MR) is 108 cm³/mol. The summed E-state index contributed by atoms with van der Waals surface area (Å²) in [7, 11) is 0. The van der Waals surface area contributed by atoms with Gasteiger partial charge in [0.15, 0.2) is 0 Å². The lowest BCUT2D eigenvalue weighted by atomic mass is 9.95. The molecule has 0 bridgehead atoms. The van der Waals surface area contributed by atoms with Crippen molar-refractivity contribution in [1.29, 1.82) is 0 Å². The van der Waals surface area contributed by atoms with Gasteiger partial charge >= 0.3 is 0 Å². The molecule has 130 valence electrons. The van der Waals surface area contributed by atoms with Gasteiger partial charge in [-0.05, 0) is 42.2 Å². The Bertz CT molecular complexity index is 895. The van der Waals surface area contributed by atoms with Gasteiger partial charge in [0.1, 0.15) is 0 Å². The molecular weight excluding hydrogens is 318 g/mol. The summed E-state index contributed by atoms with van der Waals surface area (Å²) in [6.07, 6.45) is 3.44. The van der Waals surface area contributed by atoms with Crippen LogP contribution in [0.15, 0.2) is 84.9 Å². The molecule has 0 aromatic heterocycles. The Hall–Kier alpha value is -3.13. The highest BCUT2D eigenvalue weighted by atomic mass is 16.1. The van der Waals surface area contributed by atoms with E-state index in [1.807, 2.05) is 79.7 Å². The van der Waals surface area contributed by atoms with Gasteiger partial charge in [0.2, 0.25) is 5.91 Å². The van der Waals surface area contributed by atoms with E-state index in [4.69, 9.17) is 0 Å². The maximum absolute atomic E-state index is 12.6. The van der Waals surface area contributed by atoms with Gasteiger partial charge in [-0.3, -0.25) is 4.79 Å². The summed E-state index contributed by atoms with van der Waals surface area (Å²) < 4.78 is 0. The lowest BCUT2D eigenvalue weighted by molar-refractivity contribution is -0.116. The molecule has 3 aromatic rings. The molecule has 1 N–H and O–H groups in total. The molecule has 0 aliphatic rings. The fourth-order valence-corrected chi connectivity index (χ4v) is 2.94. The summed E-state index contributed by atoms with van der Waals surface area (Å²) in [6, 6.07) is 26.1. The van der Waals surface area contributed by atoms with E-state index < -0.39 is 0 Å². The largest absolute Gasteiger partial charge is 0.342 e. The second-order valence-corrected chi connectivity index (χ2v) is 6.45. The number of benzene rings is 3. The highest BCUT2D eigenvalue weighted by Gasteiger charge is 2.17. The molecule has 2 heteroatoms. The number of nitrogens with one attached hydrogen (secondary N) is 1. The van der Waals surface area contributed by atoms with Crippen LogP contribution in [0.3, 0.4) is 0 Å². The maximum Gasteiger partial charge on any atom is 0.244 e. The van der Waals surface area contributed by atoms with Crippen molar-refractivity contribution in [2.45, 2.75) is 19.9 Å². The minimum atomic E-state index is -0.174. The van der Waals surface area contributed by atoms with Gasteiger partial charge in [-0.25, -0.2) is 0 Å². The summed E-state index contributed by atoms with van der Waals surface area (Å²) in [5.41, 5.74) is 5.55. The number of aryl methyl sites for hydroxylation is 2. The first kappa shape index (κ1) is 17.7. The summed E-state index contributed by atoms with van der Waals surface area (Å²) in [4.78, 5) is 12.6. The molecule has 0 aliphatic heterocycles. The van der Waals surface area contributed by atoms with E-state index in [9.17, 15) is 4.79 Å². The van der Waals surface area contributed by atoms with Crippen LogP contribution in [0.5, 0.6) is 0 Å². The van der Waals surface area contributed by atoms with Crippen LogP contribution in [0, 0.1) is 13.8 Å². The van der Waals surface area contributed by atoms with Crippen LogP contribution in [0.4, 0.5) is 0 Å². The SMILES string of the molecule is Cc1ccc(/C=C/C(=O)N[C@H](c2ccccc2)c2ccccc2C)cc1. The van der Waals surface area contributed by atoms with Crippen molar-refractivity contribution >= 4 is 12.0 Å². The minimum Gasteiger partial charge on any atom is -0.342 e. The van der Waals surface area contributed by atoms with Crippen molar-refractivity contribution in [3.05, 3.63) is 113 Å². The number of amides is 1. The zero-order chi connectivity index (χ0) is 18.4. The van der Waals surface area contributed by atoms with E-state index in [-0.39, 0.29) is 11.9 Å². The Kier molecular flexibility index (Phi) is 5.65. The molecule has 0 saturated carbocycles. The molecule has 0 saturated heterocycles. The number of hydrogen-bond acceptors (Lipinski definition) is 1. The van der Waals surface area contributed by atoms with E-state index >= 15 is 0 Å². The third-order valence-corrected chi connectivity index (χ3v) is 4.42. The topological polar surface area (TPSA) is 29.1 Å². The second kappa shape index (κ2) is 8.30. The van der Waals surface area contributed by atoms with E-state index in [1.54, 1.807) is 6.08 Å². The average Bonchev–Trinajstić information content (AvgIpc) is 2.67. The number of carbonyl (C=O) groups is 1. The van der Waals surface area contributed by atoms with Crippen LogP contribution in [0.2, 0.25) is 0 Å². The summed E-state index contributed by atoms with van der Waals surface area (Å²) in [6.45, 7) is 4.12. The van der Waals surface area contributed by atoms with Crippen molar-refractivity contribution < 1.29 is 4.79 Å². The van der Waals surface area contributed by atoms with Crippen molar-refractivity contribution in [1.82, 2.24) is 5.32 Å². The number of rotatable bonds is 5. The Morgan fingerprint density at radius 2 is 1.50 bits per heavy atom. The first-order valence-corrected chi connectivity index (χ1v) is 8.79. The van der Waals surface area contributed by atoms with Gasteiger partial charge in [0.05, 0.1) is 6.04 Å². The normalized spacial score (nSPS) is 12.1. The summed E-state index contributed by atoms with van der Waals surface area (Å²) in [5, 5.41) is 3.15. The molecule has 26 heavy (non-hydrogen) atoms. The first-order chi connectivity index (χ1) is 12.6.